The molecule has 1 amide bonds. The van der Waals surface area contributed by atoms with Crippen molar-refractivity contribution in [3.05, 3.63) is 23.5 Å². The molecule has 0 bridgehead atoms. The third kappa shape index (κ3) is 3.16. The van der Waals surface area contributed by atoms with Crippen LogP contribution in [0.1, 0.15) is 38.4 Å². The summed E-state index contributed by atoms with van der Waals surface area (Å²) in [6.45, 7) is 4.38. The van der Waals surface area contributed by atoms with E-state index < -0.39 is 6.09 Å². The van der Waals surface area contributed by atoms with Gasteiger partial charge in [-0.25, -0.2) is 9.78 Å². The molecule has 3 aromatic rings. The first-order chi connectivity index (χ1) is 12.7. The van der Waals surface area contributed by atoms with E-state index in [1.54, 1.807) is 11.3 Å². The average molecular weight is 372 g/mol. The van der Waals surface area contributed by atoms with E-state index in [2.05, 4.69) is 27.9 Å². The van der Waals surface area contributed by atoms with Gasteiger partial charge in [0.15, 0.2) is 0 Å². The summed E-state index contributed by atoms with van der Waals surface area (Å²) in [6.07, 6.45) is 6.17. The smallest absolute Gasteiger partial charge is 0.407 e. The van der Waals surface area contributed by atoms with Crippen LogP contribution in [0.25, 0.3) is 21.3 Å². The molecule has 0 radical (unpaired) electrons. The number of rotatable bonds is 5. The van der Waals surface area contributed by atoms with Gasteiger partial charge >= 0.3 is 6.09 Å². The van der Waals surface area contributed by atoms with Gasteiger partial charge in [0, 0.05) is 26.1 Å². The number of aromatic nitrogens is 3. The van der Waals surface area contributed by atoms with Crippen LogP contribution < -0.4 is 0 Å². The normalized spacial score (nSPS) is 16.0. The lowest BCUT2D eigenvalue weighted by Crippen LogP contribution is -2.38. The first-order valence-corrected chi connectivity index (χ1v) is 10.2. The predicted molar refractivity (Wildman–Crippen MR) is 104 cm³/mol. The zero-order valence-electron chi connectivity index (χ0n) is 15.0. The second-order valence-corrected chi connectivity index (χ2v) is 8.00. The molecule has 0 atom stereocenters. The summed E-state index contributed by atoms with van der Waals surface area (Å²) in [5.41, 5.74) is 3.22. The van der Waals surface area contributed by atoms with Crippen LogP contribution in [0.5, 0.6) is 0 Å². The van der Waals surface area contributed by atoms with Crippen LogP contribution in [0.2, 0.25) is 0 Å². The van der Waals surface area contributed by atoms with E-state index in [1.165, 1.54) is 15.1 Å². The van der Waals surface area contributed by atoms with Gasteiger partial charge in [0.1, 0.15) is 11.3 Å². The fourth-order valence-electron chi connectivity index (χ4n) is 3.85. The van der Waals surface area contributed by atoms with E-state index >= 15 is 0 Å². The van der Waals surface area contributed by atoms with Crippen molar-refractivity contribution in [3.8, 4) is 0 Å². The van der Waals surface area contributed by atoms with Crippen LogP contribution in [-0.4, -0.2) is 43.7 Å². The number of fused-ring (bicyclic) bond motifs is 3. The van der Waals surface area contributed by atoms with Crippen molar-refractivity contribution < 1.29 is 9.90 Å². The van der Waals surface area contributed by atoms with E-state index in [0.717, 1.165) is 55.5 Å². The van der Waals surface area contributed by atoms with E-state index in [9.17, 15) is 4.79 Å². The highest BCUT2D eigenvalue weighted by atomic mass is 32.1. The Kier molecular flexibility index (Phi) is 4.80. The number of piperidine rings is 1. The first kappa shape index (κ1) is 17.3. The molecule has 1 aliphatic heterocycles. The highest BCUT2D eigenvalue weighted by Gasteiger charge is 2.24. The van der Waals surface area contributed by atoms with Crippen LogP contribution in [0, 0.1) is 5.92 Å². The monoisotopic (exact) mass is 372 g/mol. The van der Waals surface area contributed by atoms with E-state index in [4.69, 9.17) is 10.1 Å². The molecule has 138 valence electrons. The molecule has 0 aromatic carbocycles. The molecule has 26 heavy (non-hydrogen) atoms. The van der Waals surface area contributed by atoms with Gasteiger partial charge in [-0.3, -0.25) is 4.98 Å². The molecule has 0 aliphatic carbocycles. The van der Waals surface area contributed by atoms with Crippen LogP contribution in [-0.2, 0) is 13.0 Å². The largest absolute Gasteiger partial charge is 0.465 e. The lowest BCUT2D eigenvalue weighted by Gasteiger charge is -2.30. The number of aryl methyl sites for hydroxylation is 1. The minimum Gasteiger partial charge on any atom is -0.465 e. The quantitative estimate of drug-likeness (QED) is 0.721. The van der Waals surface area contributed by atoms with Gasteiger partial charge in [0.05, 0.1) is 21.9 Å². The molecular weight excluding hydrogens is 348 g/mol. The van der Waals surface area contributed by atoms with Crippen molar-refractivity contribution in [2.24, 2.45) is 5.92 Å². The summed E-state index contributed by atoms with van der Waals surface area (Å²) in [6, 6.07) is 2.06. The minimum absolute atomic E-state index is 0.492. The summed E-state index contributed by atoms with van der Waals surface area (Å²) in [5, 5.41) is 11.3. The second-order valence-electron chi connectivity index (χ2n) is 7.08. The number of unbranched alkanes of at least 4 members (excludes halogenated alkanes) is 1. The molecule has 1 saturated heterocycles. The zero-order valence-corrected chi connectivity index (χ0v) is 15.8. The highest BCUT2D eigenvalue weighted by Crippen LogP contribution is 2.31. The van der Waals surface area contributed by atoms with Crippen molar-refractivity contribution in [2.75, 3.05) is 13.1 Å². The average Bonchev–Trinajstić information content (AvgIpc) is 3.24. The molecular formula is C19H24N4O2S. The Labute approximate surface area is 156 Å². The molecule has 4 heterocycles. The van der Waals surface area contributed by atoms with Crippen LogP contribution in [0.15, 0.2) is 17.6 Å². The summed E-state index contributed by atoms with van der Waals surface area (Å²) in [7, 11) is 0. The molecule has 6 nitrogen and oxygen atoms in total. The maximum Gasteiger partial charge on any atom is 0.407 e. The molecule has 0 unspecified atom stereocenters. The number of nitrogens with zero attached hydrogens (tertiary/aromatic N) is 4. The third-order valence-electron chi connectivity index (χ3n) is 5.34. The van der Waals surface area contributed by atoms with Gasteiger partial charge < -0.3 is 14.6 Å². The Morgan fingerprint density at radius 1 is 1.35 bits per heavy atom. The Bertz CT molecular complexity index is 924. The van der Waals surface area contributed by atoms with E-state index in [0.29, 0.717) is 19.0 Å². The summed E-state index contributed by atoms with van der Waals surface area (Å²) < 4.78 is 3.60. The van der Waals surface area contributed by atoms with Gasteiger partial charge in [0.25, 0.3) is 0 Å². The van der Waals surface area contributed by atoms with Crippen LogP contribution in [0.3, 0.4) is 0 Å². The van der Waals surface area contributed by atoms with E-state index in [1.807, 2.05) is 6.20 Å². The lowest BCUT2D eigenvalue weighted by molar-refractivity contribution is 0.121. The molecule has 1 aliphatic rings. The topological polar surface area (TPSA) is 71.2 Å². The van der Waals surface area contributed by atoms with Crippen LogP contribution in [0.4, 0.5) is 4.79 Å². The van der Waals surface area contributed by atoms with Gasteiger partial charge in [-0.15, -0.1) is 11.3 Å². The Hall–Kier alpha value is -2.15. The molecule has 7 heteroatoms. The van der Waals surface area contributed by atoms with Gasteiger partial charge in [0.2, 0.25) is 0 Å². The maximum atomic E-state index is 11.1. The van der Waals surface area contributed by atoms with Crippen molar-refractivity contribution in [1.29, 1.82) is 0 Å². The van der Waals surface area contributed by atoms with Gasteiger partial charge in [-0.2, -0.15) is 0 Å². The highest BCUT2D eigenvalue weighted by molar-refractivity contribution is 7.18. The van der Waals surface area contributed by atoms with Gasteiger partial charge in [-0.05, 0) is 36.6 Å². The second kappa shape index (κ2) is 7.23. The van der Waals surface area contributed by atoms with Gasteiger partial charge in [-0.1, -0.05) is 13.3 Å². The molecule has 1 N–H and O–H groups in total. The SMILES string of the molecule is CCCCc1nc2cnc3ccsc3c2n1CC1CCN(C(=O)O)CC1. The molecule has 3 aromatic heterocycles. The predicted octanol–water partition coefficient (Wildman–Crippen LogP) is 4.38. The lowest BCUT2D eigenvalue weighted by atomic mass is 9.97. The molecule has 4 rings (SSSR count). The number of hydrogen-bond donors (Lipinski definition) is 1. The third-order valence-corrected chi connectivity index (χ3v) is 6.25. The Morgan fingerprint density at radius 3 is 2.88 bits per heavy atom. The van der Waals surface area contributed by atoms with Crippen LogP contribution >= 0.6 is 11.3 Å². The van der Waals surface area contributed by atoms with Crippen molar-refractivity contribution >= 4 is 38.7 Å². The Balaban J connectivity index is 1.67. The zero-order chi connectivity index (χ0) is 18.1. The fraction of sp³-hybridized carbons (Fsp3) is 0.526. The summed E-state index contributed by atoms with van der Waals surface area (Å²) in [5.74, 6) is 1.64. The van der Waals surface area contributed by atoms with E-state index in [-0.39, 0.29) is 0 Å². The first-order valence-electron chi connectivity index (χ1n) is 9.36. The fourth-order valence-corrected chi connectivity index (χ4v) is 4.75. The molecule has 1 fully saturated rings. The maximum absolute atomic E-state index is 11.1. The number of pyridine rings is 1. The number of likely N-dealkylation sites (tertiary alicyclic amines) is 1. The Morgan fingerprint density at radius 2 is 2.15 bits per heavy atom. The number of amides is 1. The number of carbonyl (C=O) groups is 1. The standard InChI is InChI=1S/C19H24N4O2S/c1-2-3-4-16-21-15-11-20-14-7-10-26-18(14)17(15)23(16)12-13-5-8-22(9-6-13)19(24)25/h7,10-11,13H,2-6,8-9,12H2,1H3,(H,24,25). The number of imidazole rings is 1. The minimum atomic E-state index is -0.800. The molecule has 0 spiro atoms. The summed E-state index contributed by atoms with van der Waals surface area (Å²) in [4.78, 5) is 22.1. The summed E-state index contributed by atoms with van der Waals surface area (Å²) >= 11 is 1.73. The number of hydrogen-bond acceptors (Lipinski definition) is 4. The van der Waals surface area contributed by atoms with Crippen molar-refractivity contribution in [2.45, 2.75) is 45.6 Å². The van der Waals surface area contributed by atoms with Crippen molar-refractivity contribution in [1.82, 2.24) is 19.4 Å². The molecule has 0 saturated carbocycles. The number of thiophene rings is 1. The van der Waals surface area contributed by atoms with Crippen molar-refractivity contribution in [3.63, 3.8) is 0 Å². The number of carboxylic acid groups (broad SMARTS) is 1.